The van der Waals surface area contributed by atoms with Crippen molar-refractivity contribution in [3.05, 3.63) is 164 Å². The number of hydrogen-bond donors (Lipinski definition) is 2. The van der Waals surface area contributed by atoms with Crippen LogP contribution in [0, 0.1) is 18.3 Å². The van der Waals surface area contributed by atoms with Crippen LogP contribution in [0.2, 0.25) is 0 Å². The van der Waals surface area contributed by atoms with E-state index in [2.05, 4.69) is 10.1 Å². The number of H-pyrrole nitrogens is 1. The van der Waals surface area contributed by atoms with Crippen LogP contribution in [0.4, 0.5) is 0 Å². The summed E-state index contributed by atoms with van der Waals surface area (Å²) in [5, 5.41) is 11.7. The molecule has 14 nitrogen and oxygen atoms in total. The number of carbonyl (C=O) groups excluding carboxylic acids is 1. The monoisotopic (exact) mass is 794 g/mol. The third-order valence-electron chi connectivity index (χ3n) is 9.49. The lowest BCUT2D eigenvalue weighted by Gasteiger charge is -2.37. The number of benzene rings is 4. The molecule has 4 aromatic carbocycles. The molecule has 0 radical (unpaired) electrons. The van der Waals surface area contributed by atoms with Crippen molar-refractivity contribution in [2.45, 2.75) is 50.2 Å². The number of aryl methyl sites for hydroxylation is 1. The van der Waals surface area contributed by atoms with E-state index in [1.165, 1.54) is 10.8 Å². The molecule has 1 fully saturated rings. The molecule has 296 valence electrons. The van der Waals surface area contributed by atoms with Gasteiger partial charge in [0.05, 0.1) is 46.3 Å². The zero-order valence-corrected chi connectivity index (χ0v) is 32.6. The van der Waals surface area contributed by atoms with Crippen molar-refractivity contribution >= 4 is 13.7 Å². The normalized spacial score (nSPS) is 17.6. The molecule has 1 saturated heterocycles. The van der Waals surface area contributed by atoms with E-state index >= 15 is 0 Å². The number of amides is 1. The third-order valence-corrected chi connectivity index (χ3v) is 11.1. The quantitative estimate of drug-likeness (QED) is 0.0646. The Morgan fingerprint density at radius 3 is 2.07 bits per heavy atom. The average Bonchev–Trinajstić information content (AvgIpc) is 3.61. The van der Waals surface area contributed by atoms with E-state index in [0.717, 1.165) is 16.7 Å². The van der Waals surface area contributed by atoms with Crippen molar-refractivity contribution in [3.8, 4) is 17.6 Å². The van der Waals surface area contributed by atoms with E-state index in [-0.39, 0.29) is 38.0 Å². The summed E-state index contributed by atoms with van der Waals surface area (Å²) in [5.74, 6) is 0.627. The van der Waals surface area contributed by atoms with E-state index in [1.54, 1.807) is 45.4 Å². The highest BCUT2D eigenvalue weighted by molar-refractivity contribution is 7.52. The Bertz CT molecular complexity index is 2280. The van der Waals surface area contributed by atoms with Gasteiger partial charge in [-0.05, 0) is 53.4 Å². The summed E-state index contributed by atoms with van der Waals surface area (Å²) in [6.45, 7) is 1.04. The van der Waals surface area contributed by atoms with Crippen molar-refractivity contribution in [2.24, 2.45) is 0 Å². The lowest BCUT2D eigenvalue weighted by molar-refractivity contribution is -0.119. The molecule has 5 aromatic rings. The molecule has 0 saturated carbocycles. The highest BCUT2D eigenvalue weighted by Crippen LogP contribution is 2.50. The summed E-state index contributed by atoms with van der Waals surface area (Å²) >= 11 is 0. The minimum Gasteiger partial charge on any atom is -0.497 e. The molecule has 1 aromatic heterocycles. The molecule has 57 heavy (non-hydrogen) atoms. The number of aromatic nitrogens is 2. The maximum Gasteiger partial charge on any atom is 0.435 e. The first-order chi connectivity index (χ1) is 27.6. The Labute approximate surface area is 329 Å². The number of nitrogens with zero attached hydrogens (tertiary/aromatic N) is 2. The van der Waals surface area contributed by atoms with Gasteiger partial charge in [0.25, 0.3) is 5.56 Å². The van der Waals surface area contributed by atoms with Crippen LogP contribution in [0.3, 0.4) is 0 Å². The number of ether oxygens (including phenoxy) is 4. The van der Waals surface area contributed by atoms with E-state index in [4.69, 9.17) is 28.0 Å². The molecular weight excluding hydrogens is 751 g/mol. The van der Waals surface area contributed by atoms with Crippen LogP contribution in [-0.4, -0.2) is 55.1 Å². The number of nitriles is 1. The van der Waals surface area contributed by atoms with Gasteiger partial charge in [-0.3, -0.25) is 33.3 Å². The van der Waals surface area contributed by atoms with Crippen LogP contribution in [-0.2, 0) is 39.9 Å². The smallest absolute Gasteiger partial charge is 0.435 e. The predicted molar refractivity (Wildman–Crippen MR) is 210 cm³/mol. The van der Waals surface area contributed by atoms with Crippen LogP contribution in [0.5, 0.6) is 11.5 Å². The molecule has 0 aliphatic carbocycles. The zero-order chi connectivity index (χ0) is 40.4. The lowest BCUT2D eigenvalue weighted by Crippen LogP contribution is -2.39. The fourth-order valence-corrected chi connectivity index (χ4v) is 8.14. The molecule has 6 rings (SSSR count). The largest absolute Gasteiger partial charge is 0.497 e. The molecule has 1 amide bonds. The van der Waals surface area contributed by atoms with Gasteiger partial charge in [-0.1, -0.05) is 84.9 Å². The van der Waals surface area contributed by atoms with Crippen molar-refractivity contribution in [1.29, 1.82) is 5.26 Å². The number of nitrogens with one attached hydrogen (secondary N) is 2. The van der Waals surface area contributed by atoms with Crippen molar-refractivity contribution in [1.82, 2.24) is 14.6 Å². The van der Waals surface area contributed by atoms with Crippen molar-refractivity contribution in [2.75, 3.05) is 27.4 Å². The Morgan fingerprint density at radius 2 is 1.49 bits per heavy atom. The topological polar surface area (TPSA) is 180 Å². The van der Waals surface area contributed by atoms with Gasteiger partial charge in [0, 0.05) is 18.2 Å². The molecule has 1 aliphatic rings. The van der Waals surface area contributed by atoms with Gasteiger partial charge in [-0.2, -0.15) is 5.26 Å². The summed E-state index contributed by atoms with van der Waals surface area (Å²) in [7, 11) is -1.33. The summed E-state index contributed by atoms with van der Waals surface area (Å²) < 4.78 is 52.1. The number of aromatic amines is 1. The molecular formula is C42H43N4O10P. The molecule has 4 atom stereocenters. The standard InChI is InChI=1S/C42H43N4O10P/c1-29-27-46(41(49)44-40(29)48)39-26-36(56-57(50,54-24-10-23-43)45-38(47)25-30-11-6-4-7-12-30)37(55-39)28-53-42(31-13-8-5-9-14-31,32-15-19-34(51-2)20-16-32)33-17-21-35(52-3)22-18-33/h4-9,11-22,27,36-37,39H,10,24-26,28H2,1-3H3,(H,44,48,49)(H,45,47,50)/t36-,37+,39+,57?/m0/s1. The Kier molecular flexibility index (Phi) is 13.2. The minimum atomic E-state index is -4.49. The number of rotatable bonds is 17. The first kappa shape index (κ1) is 40.8. The van der Waals surface area contributed by atoms with Crippen LogP contribution in [0.25, 0.3) is 0 Å². The fourth-order valence-electron chi connectivity index (χ4n) is 6.67. The van der Waals surface area contributed by atoms with Gasteiger partial charge in [0.1, 0.15) is 35.5 Å². The van der Waals surface area contributed by atoms with Gasteiger partial charge < -0.3 is 18.9 Å². The number of carbonyl (C=O) groups is 1. The fraction of sp³-hybridized carbons (Fsp3) is 0.286. The summed E-state index contributed by atoms with van der Waals surface area (Å²) in [6, 6.07) is 35.2. The molecule has 1 aliphatic heterocycles. The third kappa shape index (κ3) is 9.60. The minimum absolute atomic E-state index is 0.0665. The van der Waals surface area contributed by atoms with E-state index < -0.39 is 48.9 Å². The van der Waals surface area contributed by atoms with Crippen molar-refractivity contribution in [3.63, 3.8) is 0 Å². The molecule has 2 heterocycles. The van der Waals surface area contributed by atoms with Gasteiger partial charge in [0.2, 0.25) is 5.91 Å². The van der Waals surface area contributed by atoms with Gasteiger partial charge in [0.15, 0.2) is 0 Å². The SMILES string of the molecule is COc1ccc(C(OC[C@H]2O[C@@H](n3cc(C)c(=O)[nH]c3=O)C[C@@H]2OP(=O)(NC(=O)Cc2ccccc2)OCCC#N)(c2ccccc2)c2ccc(OC)cc2)cc1. The molecule has 0 bridgehead atoms. The van der Waals surface area contributed by atoms with E-state index in [1.807, 2.05) is 91.0 Å². The van der Waals surface area contributed by atoms with E-state index in [9.17, 15) is 24.2 Å². The van der Waals surface area contributed by atoms with Gasteiger partial charge in [-0.15, -0.1) is 0 Å². The molecule has 2 N–H and O–H groups in total. The Hall–Kier alpha value is -5.81. The van der Waals surface area contributed by atoms with Crippen LogP contribution < -0.4 is 25.8 Å². The highest BCUT2D eigenvalue weighted by Gasteiger charge is 2.46. The lowest BCUT2D eigenvalue weighted by atomic mass is 9.80. The van der Waals surface area contributed by atoms with Crippen LogP contribution >= 0.6 is 7.75 Å². The maximum atomic E-state index is 14.5. The second kappa shape index (κ2) is 18.4. The Morgan fingerprint density at radius 1 is 0.912 bits per heavy atom. The van der Waals surface area contributed by atoms with E-state index in [0.29, 0.717) is 17.1 Å². The summed E-state index contributed by atoms with van der Waals surface area (Å²) in [6.07, 6.45) is -2.11. The predicted octanol–water partition coefficient (Wildman–Crippen LogP) is 5.94. The molecule has 0 spiro atoms. The number of methoxy groups -OCH3 is 2. The molecule has 15 heteroatoms. The number of hydrogen-bond acceptors (Lipinski definition) is 11. The van der Waals surface area contributed by atoms with Gasteiger partial charge >= 0.3 is 13.4 Å². The highest BCUT2D eigenvalue weighted by atomic mass is 31.2. The average molecular weight is 795 g/mol. The van der Waals surface area contributed by atoms with Gasteiger partial charge in [-0.25, -0.2) is 9.36 Å². The summed E-state index contributed by atoms with van der Waals surface area (Å²) in [4.78, 5) is 41.0. The first-order valence-corrected chi connectivity index (χ1v) is 19.7. The second-order valence-electron chi connectivity index (χ2n) is 13.2. The maximum absolute atomic E-state index is 14.5. The second-order valence-corrected chi connectivity index (χ2v) is 14.9. The summed E-state index contributed by atoms with van der Waals surface area (Å²) in [5.41, 5.74) is 0.594. The zero-order valence-electron chi connectivity index (χ0n) is 31.7. The molecule has 1 unspecified atom stereocenters. The van der Waals surface area contributed by atoms with Crippen molar-refractivity contribution < 1.29 is 37.4 Å². The first-order valence-electron chi connectivity index (χ1n) is 18.2. The van der Waals surface area contributed by atoms with Crippen LogP contribution in [0.1, 0.15) is 46.9 Å². The Balaban J connectivity index is 1.41. The van der Waals surface area contributed by atoms with Crippen LogP contribution in [0.15, 0.2) is 125 Å².